The number of ether oxygens (including phenoxy) is 1. The van der Waals surface area contributed by atoms with Gasteiger partial charge in [0.25, 0.3) is 5.56 Å². The lowest BCUT2D eigenvalue weighted by molar-refractivity contribution is -0.386. The van der Waals surface area contributed by atoms with E-state index in [1.54, 1.807) is 13.0 Å². The number of nitro groups is 1. The van der Waals surface area contributed by atoms with E-state index >= 15 is 0 Å². The minimum atomic E-state index is -0.826. The maximum absolute atomic E-state index is 14.0. The number of phenols is 1. The number of nitrogens with zero attached hydrogens (tertiary/aromatic N) is 3. The number of halogens is 1. The molecule has 11 heteroatoms. The average Bonchev–Trinajstić information content (AvgIpc) is 3.28. The second kappa shape index (κ2) is 12.0. The number of aromatic hydroxyl groups is 1. The van der Waals surface area contributed by atoms with Crippen molar-refractivity contribution in [3.8, 4) is 5.75 Å². The van der Waals surface area contributed by atoms with Gasteiger partial charge in [-0.2, -0.15) is 0 Å². The molecule has 3 aromatic carbocycles. The highest BCUT2D eigenvalue weighted by Gasteiger charge is 2.35. The third-order valence-corrected chi connectivity index (χ3v) is 8.66. The van der Waals surface area contributed by atoms with Crippen LogP contribution in [0.15, 0.2) is 82.1 Å². The van der Waals surface area contributed by atoms with Crippen LogP contribution in [0.25, 0.3) is 11.8 Å². The molecule has 0 saturated heterocycles. The molecule has 1 aliphatic rings. The molecule has 42 heavy (non-hydrogen) atoms. The summed E-state index contributed by atoms with van der Waals surface area (Å²) in [5.41, 5.74) is 2.69. The second-order valence-electron chi connectivity index (χ2n) is 9.88. The van der Waals surface area contributed by atoms with E-state index in [4.69, 9.17) is 9.73 Å². The Hall–Kier alpha value is -4.10. The standard InChI is InChI=1S/C31H26IN3O6S/c1-4-41-30(38)25-26(20-8-6-5-7-9-20)33-31-34(27(25)21-12-10-19(11-13-21)17(2)3)29(37)24(42-31)16-18-14-22(32)28(36)23(15-18)35(39)40/h5-17,27,36H,4H2,1-3H3/b24-16-/t27-/m1/s1. The Morgan fingerprint density at radius 2 is 1.88 bits per heavy atom. The normalized spacial score (nSPS) is 15.0. The molecule has 0 bridgehead atoms. The molecule has 1 atom stereocenters. The highest BCUT2D eigenvalue weighted by Crippen LogP contribution is 2.36. The van der Waals surface area contributed by atoms with Gasteiger partial charge in [0, 0.05) is 11.6 Å². The van der Waals surface area contributed by atoms with Gasteiger partial charge in [0.1, 0.15) is 0 Å². The van der Waals surface area contributed by atoms with Crippen LogP contribution in [0.4, 0.5) is 5.69 Å². The molecule has 0 saturated carbocycles. The predicted octanol–water partition coefficient (Wildman–Crippen LogP) is 5.28. The molecular formula is C31H26IN3O6S. The van der Waals surface area contributed by atoms with Gasteiger partial charge in [-0.15, -0.1) is 0 Å². The summed E-state index contributed by atoms with van der Waals surface area (Å²) < 4.78 is 7.53. The number of benzene rings is 3. The quantitative estimate of drug-likeness (QED) is 0.122. The zero-order chi connectivity index (χ0) is 30.1. The third-order valence-electron chi connectivity index (χ3n) is 6.85. The Morgan fingerprint density at radius 1 is 1.19 bits per heavy atom. The molecule has 4 aromatic rings. The van der Waals surface area contributed by atoms with Crippen molar-refractivity contribution in [3.63, 3.8) is 0 Å². The highest BCUT2D eigenvalue weighted by molar-refractivity contribution is 14.1. The van der Waals surface area contributed by atoms with E-state index in [0.717, 1.165) is 16.9 Å². The van der Waals surface area contributed by atoms with Gasteiger partial charge >= 0.3 is 11.7 Å². The SMILES string of the molecule is CCOC(=O)C1=C(c2ccccc2)N=c2s/c(=C\c3cc(I)c(O)c([N+](=O)[O-])c3)c(=O)n2[C@@H]1c1ccc(C(C)C)cc1. The number of nitro benzene ring substituents is 1. The molecule has 0 fully saturated rings. The van der Waals surface area contributed by atoms with Crippen molar-refractivity contribution < 1.29 is 19.6 Å². The summed E-state index contributed by atoms with van der Waals surface area (Å²) in [7, 11) is 0. The van der Waals surface area contributed by atoms with Crippen LogP contribution in [-0.4, -0.2) is 27.2 Å². The van der Waals surface area contributed by atoms with Gasteiger partial charge in [0.15, 0.2) is 4.80 Å². The molecule has 9 nitrogen and oxygen atoms in total. The number of aromatic nitrogens is 1. The Bertz CT molecular complexity index is 1910. The van der Waals surface area contributed by atoms with E-state index in [-0.39, 0.29) is 26.2 Å². The van der Waals surface area contributed by atoms with Gasteiger partial charge in [0.2, 0.25) is 5.75 Å². The van der Waals surface area contributed by atoms with Crippen LogP contribution in [-0.2, 0) is 9.53 Å². The lowest BCUT2D eigenvalue weighted by Crippen LogP contribution is -2.40. The van der Waals surface area contributed by atoms with Crippen LogP contribution < -0.4 is 14.9 Å². The van der Waals surface area contributed by atoms with E-state index in [1.165, 1.54) is 16.7 Å². The Morgan fingerprint density at radius 3 is 2.50 bits per heavy atom. The van der Waals surface area contributed by atoms with Crippen molar-refractivity contribution in [1.82, 2.24) is 4.57 Å². The van der Waals surface area contributed by atoms with Crippen molar-refractivity contribution in [2.75, 3.05) is 6.61 Å². The van der Waals surface area contributed by atoms with E-state index in [1.807, 2.05) is 77.2 Å². The summed E-state index contributed by atoms with van der Waals surface area (Å²) in [5.74, 6) is -0.718. The highest BCUT2D eigenvalue weighted by atomic mass is 127. The molecule has 2 heterocycles. The lowest BCUT2D eigenvalue weighted by atomic mass is 9.91. The number of hydrogen-bond acceptors (Lipinski definition) is 8. The van der Waals surface area contributed by atoms with Crippen LogP contribution in [0.5, 0.6) is 5.75 Å². The first-order chi connectivity index (χ1) is 20.1. The van der Waals surface area contributed by atoms with E-state index in [9.17, 15) is 24.8 Å². The molecular weight excluding hydrogens is 669 g/mol. The van der Waals surface area contributed by atoms with Crippen LogP contribution in [0.2, 0.25) is 0 Å². The zero-order valence-electron chi connectivity index (χ0n) is 22.9. The molecule has 214 valence electrons. The van der Waals surface area contributed by atoms with Gasteiger partial charge < -0.3 is 9.84 Å². The summed E-state index contributed by atoms with van der Waals surface area (Å²) in [6, 6.07) is 19.0. The molecule has 1 aliphatic heterocycles. The minimum Gasteiger partial charge on any atom is -0.501 e. The van der Waals surface area contributed by atoms with Crippen LogP contribution in [0.3, 0.4) is 0 Å². The molecule has 0 unspecified atom stereocenters. The first-order valence-corrected chi connectivity index (χ1v) is 15.1. The summed E-state index contributed by atoms with van der Waals surface area (Å²) >= 11 is 2.93. The summed E-state index contributed by atoms with van der Waals surface area (Å²) in [5, 5.41) is 21.6. The van der Waals surface area contributed by atoms with Crippen molar-refractivity contribution in [1.29, 1.82) is 0 Å². The fraction of sp³-hybridized carbons (Fsp3) is 0.194. The first kappa shape index (κ1) is 29.4. The van der Waals surface area contributed by atoms with Crippen LogP contribution >= 0.6 is 33.9 Å². The number of thiazole rings is 1. The van der Waals surface area contributed by atoms with Gasteiger partial charge in [-0.05, 0) is 64.3 Å². The van der Waals surface area contributed by atoms with Gasteiger partial charge in [0.05, 0.1) is 36.9 Å². The van der Waals surface area contributed by atoms with E-state index in [2.05, 4.69) is 13.8 Å². The van der Waals surface area contributed by atoms with Crippen molar-refractivity contribution in [2.24, 2.45) is 4.99 Å². The third kappa shape index (κ3) is 5.53. The van der Waals surface area contributed by atoms with Gasteiger partial charge in [-0.1, -0.05) is 79.8 Å². The molecule has 1 aromatic heterocycles. The molecule has 0 radical (unpaired) electrons. The smallest absolute Gasteiger partial charge is 0.338 e. The number of fused-ring (bicyclic) bond motifs is 1. The number of carbonyl (C=O) groups is 1. The Kier molecular flexibility index (Phi) is 8.41. The molecule has 5 rings (SSSR count). The lowest BCUT2D eigenvalue weighted by Gasteiger charge is -2.26. The zero-order valence-corrected chi connectivity index (χ0v) is 25.9. The molecule has 0 aliphatic carbocycles. The summed E-state index contributed by atoms with van der Waals surface area (Å²) in [6.07, 6.45) is 1.54. The fourth-order valence-electron chi connectivity index (χ4n) is 4.80. The predicted molar refractivity (Wildman–Crippen MR) is 169 cm³/mol. The molecule has 0 spiro atoms. The van der Waals surface area contributed by atoms with Gasteiger partial charge in [-0.25, -0.2) is 9.79 Å². The first-order valence-electron chi connectivity index (χ1n) is 13.2. The van der Waals surface area contributed by atoms with Crippen LogP contribution in [0.1, 0.15) is 55.0 Å². The Balaban J connectivity index is 1.81. The van der Waals surface area contributed by atoms with Gasteiger partial charge in [-0.3, -0.25) is 19.5 Å². The maximum Gasteiger partial charge on any atom is 0.338 e. The summed E-state index contributed by atoms with van der Waals surface area (Å²) in [4.78, 5) is 43.6. The number of hydrogen-bond donors (Lipinski definition) is 1. The summed E-state index contributed by atoms with van der Waals surface area (Å²) in [6.45, 7) is 6.04. The average molecular weight is 696 g/mol. The monoisotopic (exact) mass is 695 g/mol. The number of rotatable bonds is 7. The van der Waals surface area contributed by atoms with E-state index in [0.29, 0.717) is 27.2 Å². The largest absolute Gasteiger partial charge is 0.501 e. The minimum absolute atomic E-state index is 0.145. The number of carbonyl (C=O) groups excluding carboxylic acids is 1. The maximum atomic E-state index is 14.0. The second-order valence-corrected chi connectivity index (χ2v) is 12.1. The van der Waals surface area contributed by atoms with E-state index < -0.39 is 33.9 Å². The number of phenolic OH excluding ortho intramolecular Hbond substituents is 1. The molecule has 0 amide bonds. The van der Waals surface area contributed by atoms with Crippen molar-refractivity contribution in [3.05, 3.63) is 128 Å². The van der Waals surface area contributed by atoms with Crippen molar-refractivity contribution >= 4 is 57.4 Å². The Labute approximate surface area is 258 Å². The topological polar surface area (TPSA) is 124 Å². The number of esters is 1. The fourth-order valence-corrected chi connectivity index (χ4v) is 6.43. The van der Waals surface area contributed by atoms with Crippen LogP contribution in [0, 0.1) is 13.7 Å². The van der Waals surface area contributed by atoms with Crippen molar-refractivity contribution in [2.45, 2.75) is 32.7 Å². The molecule has 1 N–H and O–H groups in total.